The maximum atomic E-state index is 13.1. The number of aliphatic hydroxyl groups is 8. The Labute approximate surface area is 642 Å². The largest absolute Gasteiger partial charge is 0.496 e. The molecule has 31 heteroatoms. The standard InChI is InChI=1S/C22H35NO7.C20H31NO6.C19H29NO6.C17H31NO8/c1-12(2)28-19-17(24)18(25)22(29-13(3)4)30-20(19)21(26)23-10-9-15-7-8-16(27-6)14(5)11-15;1-12(2)25-17-15(22)16(23)20(26-13(3)4)27-18(17)19(24)21(5)11-14-9-7-6-8-10-14;1-11(2)24-16-14(21)15(22)19(25-12(3)4)26-17(16)18(23)20-10-13-8-6-5-7-9-13;1-9(2)24-14-12(19)13(20)17(25-10(3)4)26-15(14)16(21)18(5)8-11-22-6-7-23-11/h7-8,11-13,17-20,22,24-25H,9-10H2,1-6H3,(H,23,26);6-10,12-13,15-18,20,22-23H,11H2,1-5H3;5-9,11-12,14-17,19,21-22H,10H2,1-4H3,(H,20,23);9-15,17,19-20H,6-8H2,1-5H3/t17-,18+,19-,20?,22-;15-,16+,17-,18?,20-;14-,15+,16-,17?,19-;12-,13+,14-,15?,17-/m1111/s1. The van der Waals surface area contributed by atoms with Crippen LogP contribution in [0.1, 0.15) is 133 Å². The number of nitrogens with zero attached hydrogens (tertiary/aromatic N) is 2. The fraction of sp³-hybridized carbons (Fsp3) is 0.718. The van der Waals surface area contributed by atoms with Gasteiger partial charge in [0.15, 0.2) is 55.9 Å². The molecule has 4 amide bonds. The number of hydrogen-bond donors (Lipinski definition) is 10. The van der Waals surface area contributed by atoms with Gasteiger partial charge in [0.25, 0.3) is 23.6 Å². The molecule has 0 bridgehead atoms. The van der Waals surface area contributed by atoms with E-state index in [1.807, 2.05) is 85.8 Å². The molecule has 0 aromatic heterocycles. The van der Waals surface area contributed by atoms with Gasteiger partial charge in [0, 0.05) is 33.7 Å². The second kappa shape index (κ2) is 46.0. The number of benzene rings is 3. The van der Waals surface area contributed by atoms with Gasteiger partial charge in [0.1, 0.15) is 79.0 Å². The number of carbonyl (C=O) groups is 4. The third kappa shape index (κ3) is 29.4. The molecule has 3 aromatic carbocycles. The summed E-state index contributed by atoms with van der Waals surface area (Å²) in [6.07, 6.45) is -25.2. The van der Waals surface area contributed by atoms with Crippen LogP contribution < -0.4 is 15.4 Å². The Kier molecular flexibility index (Phi) is 39.7. The molecule has 5 heterocycles. The zero-order chi connectivity index (χ0) is 81.3. The monoisotopic (exact) mass is 1550 g/mol. The second-order valence-electron chi connectivity index (χ2n) is 29.6. The average Bonchev–Trinajstić information content (AvgIpc) is 1.09. The minimum atomic E-state index is -1.32. The van der Waals surface area contributed by atoms with Crippen molar-refractivity contribution >= 4 is 23.6 Å². The average molecular weight is 1550 g/mol. The summed E-state index contributed by atoms with van der Waals surface area (Å²) in [7, 11) is 4.89. The predicted molar refractivity (Wildman–Crippen MR) is 397 cm³/mol. The molecule has 5 aliphatic rings. The molecule has 0 saturated carbocycles. The van der Waals surface area contributed by atoms with Gasteiger partial charge in [-0.25, -0.2) is 0 Å². The lowest BCUT2D eigenvalue weighted by Gasteiger charge is -2.43. The van der Waals surface area contributed by atoms with Crippen LogP contribution in [0, 0.1) is 6.92 Å². The van der Waals surface area contributed by atoms with E-state index in [2.05, 4.69) is 10.6 Å². The van der Waals surface area contributed by atoms with Gasteiger partial charge in [-0.1, -0.05) is 72.8 Å². The maximum Gasteiger partial charge on any atom is 0.254 e. The van der Waals surface area contributed by atoms with Crippen LogP contribution in [0.3, 0.4) is 0 Å². The summed E-state index contributed by atoms with van der Waals surface area (Å²) >= 11 is 0. The SMILES string of the molecule is CC(C)O[C@@H]1OC(C(=O)N(C)CC2OCCO2)[C@H](OC(C)C)[C@H](O)[C@@H]1O.CC(C)O[C@@H]1OC(C(=O)N(C)Cc2ccccc2)[C@H](OC(C)C)[C@H](O)[C@@H]1O.CC(C)O[C@@H]1OC(C(=O)NCc2ccccc2)[C@H](OC(C)C)[C@H](O)[C@@H]1O.COc1ccc(CCNC(=O)C2O[C@@H](OC(C)C)[C@@H](O)[C@@H](O)[C@H]2OC(C)C)cc1C. The van der Waals surface area contributed by atoms with Gasteiger partial charge < -0.3 is 132 Å². The van der Waals surface area contributed by atoms with E-state index >= 15 is 0 Å². The maximum absolute atomic E-state index is 13.1. The van der Waals surface area contributed by atoms with Crippen LogP contribution in [0.25, 0.3) is 0 Å². The summed E-state index contributed by atoms with van der Waals surface area (Å²) in [4.78, 5) is 54.4. The molecule has 109 heavy (non-hydrogen) atoms. The number of methoxy groups -OCH3 is 1. The number of aliphatic hydroxyl groups excluding tert-OH is 8. The Balaban J connectivity index is 0.000000261. The molecule has 5 fully saturated rings. The summed E-state index contributed by atoms with van der Waals surface area (Å²) < 4.78 is 83.7. The molecule has 3 aromatic rings. The summed E-state index contributed by atoms with van der Waals surface area (Å²) in [5.41, 5.74) is 3.99. The van der Waals surface area contributed by atoms with Crippen LogP contribution in [0.4, 0.5) is 0 Å². The van der Waals surface area contributed by atoms with Crippen molar-refractivity contribution in [2.45, 2.75) is 315 Å². The minimum absolute atomic E-state index is 0.224. The van der Waals surface area contributed by atoms with Crippen LogP contribution in [0.2, 0.25) is 0 Å². The number of carbonyl (C=O) groups excluding carboxylic acids is 4. The lowest BCUT2D eigenvalue weighted by molar-refractivity contribution is -0.309. The third-order valence-electron chi connectivity index (χ3n) is 17.1. The van der Waals surface area contributed by atoms with E-state index in [0.717, 1.165) is 28.0 Å². The first-order chi connectivity index (χ1) is 51.3. The number of hydrogen-bond acceptors (Lipinski definition) is 27. The highest BCUT2D eigenvalue weighted by Crippen LogP contribution is 2.32. The molecule has 10 N–H and O–H groups in total. The molecule has 0 aliphatic carbocycles. The lowest BCUT2D eigenvalue weighted by atomic mass is 9.97. The zero-order valence-corrected chi connectivity index (χ0v) is 66.9. The number of aryl methyl sites for hydroxylation is 1. The molecule has 5 saturated heterocycles. The fourth-order valence-corrected chi connectivity index (χ4v) is 12.2. The second-order valence-corrected chi connectivity index (χ2v) is 29.6. The van der Waals surface area contributed by atoms with Crippen molar-refractivity contribution in [1.82, 2.24) is 20.4 Å². The van der Waals surface area contributed by atoms with E-state index in [1.54, 1.807) is 132 Å². The molecule has 20 atom stereocenters. The van der Waals surface area contributed by atoms with Gasteiger partial charge in [0.2, 0.25) is 0 Å². The molecule has 5 aliphatic heterocycles. The smallest absolute Gasteiger partial charge is 0.254 e. The van der Waals surface area contributed by atoms with Crippen molar-refractivity contribution in [3.8, 4) is 5.75 Å². The van der Waals surface area contributed by atoms with Gasteiger partial charge in [-0.2, -0.15) is 0 Å². The van der Waals surface area contributed by atoms with E-state index in [0.29, 0.717) is 39.3 Å². The molecular weight excluding hydrogens is 1420 g/mol. The molecular formula is C78H126N4O27. The first-order valence-corrected chi connectivity index (χ1v) is 37.6. The molecule has 4 unspecified atom stereocenters. The van der Waals surface area contributed by atoms with Crippen LogP contribution in [0.5, 0.6) is 5.75 Å². The Hall–Kier alpha value is -5.54. The Morgan fingerprint density at radius 1 is 0.422 bits per heavy atom. The lowest BCUT2D eigenvalue weighted by Crippen LogP contribution is -2.63. The van der Waals surface area contributed by atoms with E-state index in [1.165, 1.54) is 9.80 Å². The summed E-state index contributed by atoms with van der Waals surface area (Å²) in [5, 5.41) is 88.9. The van der Waals surface area contributed by atoms with E-state index in [4.69, 9.17) is 71.1 Å². The quantitative estimate of drug-likeness (QED) is 0.0458. The van der Waals surface area contributed by atoms with Crippen molar-refractivity contribution in [3.05, 3.63) is 101 Å². The number of nitrogens with one attached hydrogen (secondary N) is 2. The van der Waals surface area contributed by atoms with Crippen molar-refractivity contribution in [1.29, 1.82) is 0 Å². The molecule has 0 spiro atoms. The van der Waals surface area contributed by atoms with Gasteiger partial charge in [0.05, 0.1) is 75.7 Å². The fourth-order valence-electron chi connectivity index (χ4n) is 12.2. The number of likely N-dealkylation sites (N-methyl/N-ethyl adjacent to an activating group) is 2. The Morgan fingerprint density at radius 2 is 0.752 bits per heavy atom. The van der Waals surface area contributed by atoms with E-state index < -0.39 is 147 Å². The summed E-state index contributed by atoms with van der Waals surface area (Å²) in [5.74, 6) is -0.779. The van der Waals surface area contributed by atoms with Crippen molar-refractivity contribution in [3.63, 3.8) is 0 Å². The van der Waals surface area contributed by atoms with Gasteiger partial charge >= 0.3 is 0 Å². The van der Waals surface area contributed by atoms with Gasteiger partial charge in [-0.05, 0) is 152 Å². The van der Waals surface area contributed by atoms with Crippen LogP contribution in [-0.4, -0.2) is 300 Å². The van der Waals surface area contributed by atoms with Crippen LogP contribution in [-0.2, 0) is 105 Å². The predicted octanol–water partition coefficient (Wildman–Crippen LogP) is 3.09. The summed E-state index contributed by atoms with van der Waals surface area (Å²) in [6.45, 7) is 32.8. The highest BCUT2D eigenvalue weighted by Gasteiger charge is 2.54. The topological polar surface area (TPSA) is 399 Å². The van der Waals surface area contributed by atoms with Gasteiger partial charge in [-0.15, -0.1) is 0 Å². The summed E-state index contributed by atoms with van der Waals surface area (Å²) in [6, 6.07) is 24.9. The molecule has 620 valence electrons. The normalized spacial score (nSPS) is 29.3. The van der Waals surface area contributed by atoms with Gasteiger partial charge in [-0.3, -0.25) is 19.2 Å². The van der Waals surface area contributed by atoms with Crippen LogP contribution in [0.15, 0.2) is 78.9 Å². The first-order valence-electron chi connectivity index (χ1n) is 37.6. The number of amides is 4. The van der Waals surface area contributed by atoms with Crippen molar-refractivity contribution in [2.75, 3.05) is 47.5 Å². The molecule has 8 rings (SSSR count). The molecule has 0 radical (unpaired) electrons. The highest BCUT2D eigenvalue weighted by atomic mass is 16.7. The van der Waals surface area contributed by atoms with E-state index in [9.17, 15) is 60.0 Å². The number of ether oxygens (including phenoxy) is 15. The first kappa shape index (κ1) is 94.1. The van der Waals surface area contributed by atoms with Crippen LogP contribution >= 0.6 is 0 Å². The Bertz CT molecular complexity index is 3110. The zero-order valence-electron chi connectivity index (χ0n) is 66.9. The third-order valence-corrected chi connectivity index (χ3v) is 17.1. The highest BCUT2D eigenvalue weighted by molar-refractivity contribution is 5.83. The number of rotatable bonds is 30. The van der Waals surface area contributed by atoms with Crippen molar-refractivity contribution < 1.29 is 131 Å². The molecule has 31 nitrogen and oxygen atoms in total. The van der Waals surface area contributed by atoms with E-state index in [-0.39, 0.29) is 61.3 Å². The Morgan fingerprint density at radius 3 is 1.10 bits per heavy atom. The van der Waals surface area contributed by atoms with Crippen molar-refractivity contribution in [2.24, 2.45) is 0 Å². The minimum Gasteiger partial charge on any atom is -0.496 e.